The van der Waals surface area contributed by atoms with Gasteiger partial charge in [-0.2, -0.15) is 0 Å². The number of benzene rings is 1. The van der Waals surface area contributed by atoms with Gasteiger partial charge in [0.25, 0.3) is 0 Å². The van der Waals surface area contributed by atoms with E-state index >= 15 is 0 Å². The largest absolute Gasteiger partial charge is 0.493 e. The molecule has 0 saturated heterocycles. The maximum Gasteiger partial charge on any atom is 0.247 e. The third kappa shape index (κ3) is 3.02. The van der Waals surface area contributed by atoms with Gasteiger partial charge < -0.3 is 18.8 Å². The molecule has 1 aliphatic rings. The Kier molecular flexibility index (Phi) is 4.60. The Labute approximate surface area is 141 Å². The van der Waals surface area contributed by atoms with Crippen molar-refractivity contribution in [3.8, 4) is 11.5 Å². The minimum absolute atomic E-state index is 0.0256. The van der Waals surface area contributed by atoms with Crippen LogP contribution in [0.2, 0.25) is 0 Å². The van der Waals surface area contributed by atoms with E-state index in [1.54, 1.807) is 38.7 Å². The van der Waals surface area contributed by atoms with E-state index < -0.39 is 0 Å². The average molecular weight is 327 g/mol. The Balaban J connectivity index is 1.83. The summed E-state index contributed by atoms with van der Waals surface area (Å²) in [5.41, 5.74) is 2.29. The lowest BCUT2D eigenvalue weighted by atomic mass is 9.92. The lowest BCUT2D eigenvalue weighted by molar-refractivity contribution is -0.128. The van der Waals surface area contributed by atoms with Crippen LogP contribution in [0.25, 0.3) is 6.08 Å². The molecular weight excluding hydrogens is 306 g/mol. The highest BCUT2D eigenvalue weighted by molar-refractivity contribution is 5.92. The van der Waals surface area contributed by atoms with Crippen LogP contribution in [-0.2, 0) is 11.2 Å². The molecule has 1 aliphatic heterocycles. The Hall–Kier alpha value is -2.69. The molecule has 0 radical (unpaired) electrons. The summed E-state index contributed by atoms with van der Waals surface area (Å²) in [7, 11) is 3.25. The van der Waals surface area contributed by atoms with Crippen molar-refractivity contribution in [2.24, 2.45) is 0 Å². The smallest absolute Gasteiger partial charge is 0.247 e. The number of ether oxygens (including phenoxy) is 2. The first-order valence-electron chi connectivity index (χ1n) is 7.91. The van der Waals surface area contributed by atoms with E-state index in [1.807, 2.05) is 30.0 Å². The molecule has 24 heavy (non-hydrogen) atoms. The predicted octanol–water partition coefficient (Wildman–Crippen LogP) is 3.46. The summed E-state index contributed by atoms with van der Waals surface area (Å²) in [6, 6.07) is 7.56. The molecule has 0 aliphatic carbocycles. The van der Waals surface area contributed by atoms with Crippen molar-refractivity contribution in [2.75, 3.05) is 20.8 Å². The van der Waals surface area contributed by atoms with E-state index in [1.165, 1.54) is 5.56 Å². The quantitative estimate of drug-likeness (QED) is 0.807. The molecule has 1 atom stereocenters. The van der Waals surface area contributed by atoms with Gasteiger partial charge in [0.1, 0.15) is 5.76 Å². The lowest BCUT2D eigenvalue weighted by Gasteiger charge is -2.35. The molecule has 0 spiro atoms. The third-order valence-electron chi connectivity index (χ3n) is 4.40. The fourth-order valence-corrected chi connectivity index (χ4v) is 3.08. The Bertz CT molecular complexity index is 749. The summed E-state index contributed by atoms with van der Waals surface area (Å²) in [5.74, 6) is 2.05. The molecule has 2 heterocycles. The van der Waals surface area contributed by atoms with Crippen molar-refractivity contribution < 1.29 is 18.7 Å². The zero-order valence-corrected chi connectivity index (χ0v) is 14.1. The maximum atomic E-state index is 12.5. The number of nitrogens with zero attached hydrogens (tertiary/aromatic N) is 1. The topological polar surface area (TPSA) is 51.9 Å². The molecule has 1 amide bonds. The number of amides is 1. The minimum Gasteiger partial charge on any atom is -0.493 e. The van der Waals surface area contributed by atoms with Gasteiger partial charge in [0.2, 0.25) is 5.91 Å². The number of hydrogen-bond donors (Lipinski definition) is 0. The molecule has 5 heteroatoms. The highest BCUT2D eigenvalue weighted by Crippen LogP contribution is 2.37. The molecule has 0 fully saturated rings. The first-order valence-corrected chi connectivity index (χ1v) is 7.91. The lowest BCUT2D eigenvalue weighted by Crippen LogP contribution is -2.37. The molecule has 3 rings (SSSR count). The molecule has 0 saturated carbocycles. The molecule has 126 valence electrons. The number of methoxy groups -OCH3 is 2. The summed E-state index contributed by atoms with van der Waals surface area (Å²) < 4.78 is 16.0. The first-order chi connectivity index (χ1) is 11.6. The van der Waals surface area contributed by atoms with Crippen molar-refractivity contribution in [2.45, 2.75) is 19.4 Å². The zero-order chi connectivity index (χ0) is 17.1. The van der Waals surface area contributed by atoms with Crippen LogP contribution in [0.15, 0.2) is 41.0 Å². The van der Waals surface area contributed by atoms with E-state index in [9.17, 15) is 4.79 Å². The molecule has 1 aromatic carbocycles. The second-order valence-electron chi connectivity index (χ2n) is 5.71. The molecule has 0 unspecified atom stereocenters. The van der Waals surface area contributed by atoms with E-state index in [0.717, 1.165) is 17.7 Å². The van der Waals surface area contributed by atoms with Gasteiger partial charge in [0.05, 0.1) is 26.5 Å². The van der Waals surface area contributed by atoms with Gasteiger partial charge in [-0.1, -0.05) is 0 Å². The number of hydrogen-bond acceptors (Lipinski definition) is 4. The number of carbonyl (C=O) groups is 1. The fourth-order valence-electron chi connectivity index (χ4n) is 3.08. The molecule has 1 aromatic heterocycles. The van der Waals surface area contributed by atoms with Gasteiger partial charge in [0.15, 0.2) is 11.5 Å². The average Bonchev–Trinajstić information content (AvgIpc) is 3.12. The van der Waals surface area contributed by atoms with Gasteiger partial charge in [0, 0.05) is 12.6 Å². The van der Waals surface area contributed by atoms with E-state index in [0.29, 0.717) is 18.1 Å². The Morgan fingerprint density at radius 1 is 1.29 bits per heavy atom. The van der Waals surface area contributed by atoms with Crippen LogP contribution in [0.1, 0.15) is 29.9 Å². The second kappa shape index (κ2) is 6.83. The first kappa shape index (κ1) is 16.2. The van der Waals surface area contributed by atoms with Gasteiger partial charge in [-0.25, -0.2) is 0 Å². The van der Waals surface area contributed by atoms with Crippen LogP contribution < -0.4 is 9.47 Å². The molecule has 5 nitrogen and oxygen atoms in total. The van der Waals surface area contributed by atoms with Crippen molar-refractivity contribution in [1.29, 1.82) is 0 Å². The molecule has 2 aromatic rings. The Morgan fingerprint density at radius 2 is 2.04 bits per heavy atom. The SMILES string of the molecule is COc1cc2c(cc1OC)[C@H](C)N(C(=O)/C=C/c1ccco1)CC2. The summed E-state index contributed by atoms with van der Waals surface area (Å²) in [5, 5.41) is 0. The zero-order valence-electron chi connectivity index (χ0n) is 14.1. The molecule has 0 N–H and O–H groups in total. The summed E-state index contributed by atoms with van der Waals surface area (Å²) in [6.45, 7) is 2.70. The van der Waals surface area contributed by atoms with Crippen LogP contribution in [0.5, 0.6) is 11.5 Å². The van der Waals surface area contributed by atoms with Gasteiger partial charge in [-0.3, -0.25) is 4.79 Å². The summed E-state index contributed by atoms with van der Waals surface area (Å²) in [6.07, 6.45) is 5.63. The fraction of sp³-hybridized carbons (Fsp3) is 0.316. The molecule has 0 bridgehead atoms. The van der Waals surface area contributed by atoms with Crippen LogP contribution >= 0.6 is 0 Å². The van der Waals surface area contributed by atoms with E-state index in [4.69, 9.17) is 13.9 Å². The number of carbonyl (C=O) groups excluding carboxylic acids is 1. The van der Waals surface area contributed by atoms with E-state index in [-0.39, 0.29) is 11.9 Å². The summed E-state index contributed by atoms with van der Waals surface area (Å²) in [4.78, 5) is 14.4. The van der Waals surface area contributed by atoms with Crippen molar-refractivity contribution in [3.63, 3.8) is 0 Å². The van der Waals surface area contributed by atoms with Crippen LogP contribution in [0, 0.1) is 0 Å². The second-order valence-corrected chi connectivity index (χ2v) is 5.71. The highest BCUT2D eigenvalue weighted by Gasteiger charge is 2.28. The summed E-state index contributed by atoms with van der Waals surface area (Å²) >= 11 is 0. The number of rotatable bonds is 4. The van der Waals surface area contributed by atoms with Gasteiger partial charge in [-0.05, 0) is 54.8 Å². The van der Waals surface area contributed by atoms with Crippen LogP contribution in [-0.4, -0.2) is 31.6 Å². The molecular formula is C19H21NO4. The standard InChI is InChI=1S/C19H21NO4/c1-13-16-12-18(23-3)17(22-2)11-14(16)8-9-20(13)19(21)7-6-15-5-4-10-24-15/h4-7,10-13H,8-9H2,1-3H3/b7-6+/t13-/m0/s1. The van der Waals surface area contributed by atoms with Crippen LogP contribution in [0.4, 0.5) is 0 Å². The number of fused-ring (bicyclic) bond motifs is 1. The minimum atomic E-state index is -0.0284. The monoisotopic (exact) mass is 327 g/mol. The van der Waals surface area contributed by atoms with E-state index in [2.05, 4.69) is 0 Å². The van der Waals surface area contributed by atoms with Crippen molar-refractivity contribution in [3.05, 3.63) is 53.5 Å². The predicted molar refractivity (Wildman–Crippen MR) is 91.1 cm³/mol. The maximum absolute atomic E-state index is 12.5. The van der Waals surface area contributed by atoms with Gasteiger partial charge >= 0.3 is 0 Å². The number of furan rings is 1. The normalized spacial score (nSPS) is 17.0. The highest BCUT2D eigenvalue weighted by atomic mass is 16.5. The van der Waals surface area contributed by atoms with Crippen molar-refractivity contribution >= 4 is 12.0 Å². The van der Waals surface area contributed by atoms with Crippen LogP contribution in [0.3, 0.4) is 0 Å². The Morgan fingerprint density at radius 3 is 2.71 bits per heavy atom. The van der Waals surface area contributed by atoms with Crippen molar-refractivity contribution in [1.82, 2.24) is 4.90 Å². The van der Waals surface area contributed by atoms with Gasteiger partial charge in [-0.15, -0.1) is 0 Å². The third-order valence-corrected chi connectivity index (χ3v) is 4.40.